The van der Waals surface area contributed by atoms with E-state index in [0.29, 0.717) is 22.0 Å². The normalized spacial score (nSPS) is 14.9. The summed E-state index contributed by atoms with van der Waals surface area (Å²) in [6.45, 7) is -0.218. The molecule has 0 radical (unpaired) electrons. The lowest BCUT2D eigenvalue weighted by atomic mass is 10.1. The highest BCUT2D eigenvalue weighted by molar-refractivity contribution is 8.18. The number of halogens is 4. The van der Waals surface area contributed by atoms with Crippen LogP contribution < -0.4 is 0 Å². The number of alkyl halides is 3. The first kappa shape index (κ1) is 27.5. The van der Waals surface area contributed by atoms with Gasteiger partial charge in [-0.2, -0.15) is 18.3 Å². The summed E-state index contributed by atoms with van der Waals surface area (Å²) in [5.41, 5.74) is 1.12. The zero-order valence-electron chi connectivity index (χ0n) is 20.7. The molecule has 4 aromatic rings. The van der Waals surface area contributed by atoms with Crippen molar-refractivity contribution in [1.82, 2.24) is 14.7 Å². The lowest BCUT2D eigenvalue weighted by molar-refractivity contribution is -0.138. The third kappa shape index (κ3) is 5.47. The number of benzene rings is 3. The van der Waals surface area contributed by atoms with Crippen LogP contribution in [-0.4, -0.2) is 38.9 Å². The van der Waals surface area contributed by atoms with Gasteiger partial charge in [0.15, 0.2) is 0 Å². The molecule has 1 aliphatic heterocycles. The molecule has 7 nitrogen and oxygen atoms in total. The molecule has 0 bridgehead atoms. The van der Waals surface area contributed by atoms with Crippen LogP contribution in [0.25, 0.3) is 17.0 Å². The van der Waals surface area contributed by atoms with Gasteiger partial charge in [-0.1, -0.05) is 41.9 Å². The van der Waals surface area contributed by atoms with Crippen LogP contribution in [0.1, 0.15) is 32.6 Å². The summed E-state index contributed by atoms with van der Waals surface area (Å²) >= 11 is 6.56. The van der Waals surface area contributed by atoms with Gasteiger partial charge in [0.25, 0.3) is 11.1 Å². The van der Waals surface area contributed by atoms with Gasteiger partial charge < -0.3 is 4.74 Å². The predicted molar refractivity (Wildman–Crippen MR) is 145 cm³/mol. The fourth-order valence-corrected chi connectivity index (χ4v) is 5.37. The minimum atomic E-state index is -4.57. The zero-order valence-corrected chi connectivity index (χ0v) is 22.3. The number of aromatic nitrogens is 2. The van der Waals surface area contributed by atoms with Crippen LogP contribution in [0.15, 0.2) is 71.8 Å². The van der Waals surface area contributed by atoms with E-state index < -0.39 is 28.9 Å². The van der Waals surface area contributed by atoms with E-state index in [9.17, 15) is 27.6 Å². The molecular formula is C28H19ClF3N3O4S. The van der Waals surface area contributed by atoms with E-state index in [2.05, 4.69) is 5.10 Å². The predicted octanol–water partition coefficient (Wildman–Crippen LogP) is 6.78. The Morgan fingerprint density at radius 2 is 1.82 bits per heavy atom. The second kappa shape index (κ2) is 10.8. The van der Waals surface area contributed by atoms with Crippen molar-refractivity contribution in [2.24, 2.45) is 0 Å². The first-order valence-corrected chi connectivity index (χ1v) is 13.0. The molecule has 1 aromatic heterocycles. The maximum absolute atomic E-state index is 13.5. The minimum absolute atomic E-state index is 0.0110. The van der Waals surface area contributed by atoms with Crippen LogP contribution in [0.5, 0.6) is 0 Å². The van der Waals surface area contributed by atoms with Gasteiger partial charge in [0, 0.05) is 10.4 Å². The van der Waals surface area contributed by atoms with Crippen molar-refractivity contribution in [3.05, 3.63) is 105 Å². The number of esters is 1. The Balaban J connectivity index is 1.38. The van der Waals surface area contributed by atoms with Gasteiger partial charge in [0.1, 0.15) is 0 Å². The van der Waals surface area contributed by atoms with Crippen molar-refractivity contribution in [3.63, 3.8) is 0 Å². The number of amides is 2. The van der Waals surface area contributed by atoms with Crippen LogP contribution >= 0.6 is 23.4 Å². The molecule has 0 saturated carbocycles. The van der Waals surface area contributed by atoms with Crippen LogP contribution in [0.2, 0.25) is 5.02 Å². The lowest BCUT2D eigenvalue weighted by Crippen LogP contribution is -2.28. The molecule has 5 rings (SSSR count). The monoisotopic (exact) mass is 585 g/mol. The maximum atomic E-state index is 13.5. The molecule has 1 fully saturated rings. The molecule has 0 spiro atoms. The molecule has 0 atom stereocenters. The SMILES string of the molecule is COC(=O)c1ccccc1CN1C(=O)S/C(=C\c2ccc3c(cnn3Cc3ccc(Cl)cc3C(F)(F)F)c2)C1=O. The molecular weight excluding hydrogens is 567 g/mol. The van der Waals surface area contributed by atoms with E-state index in [1.165, 1.54) is 30.1 Å². The number of hydrogen-bond donors (Lipinski definition) is 0. The Morgan fingerprint density at radius 3 is 2.58 bits per heavy atom. The smallest absolute Gasteiger partial charge is 0.416 e. The maximum Gasteiger partial charge on any atom is 0.416 e. The third-order valence-corrected chi connectivity index (χ3v) is 7.43. The number of carbonyl (C=O) groups is 3. The van der Waals surface area contributed by atoms with E-state index in [0.717, 1.165) is 22.7 Å². The fraction of sp³-hybridized carbons (Fsp3) is 0.143. The summed E-state index contributed by atoms with van der Waals surface area (Å²) in [6.07, 6.45) is -1.49. The molecule has 0 N–H and O–H groups in total. The zero-order chi connectivity index (χ0) is 28.6. The van der Waals surface area contributed by atoms with E-state index in [4.69, 9.17) is 16.3 Å². The molecule has 0 aliphatic carbocycles. The first-order valence-electron chi connectivity index (χ1n) is 11.8. The van der Waals surface area contributed by atoms with Gasteiger partial charge in [-0.15, -0.1) is 0 Å². The van der Waals surface area contributed by atoms with Crippen LogP contribution in [0.4, 0.5) is 18.0 Å². The van der Waals surface area contributed by atoms with Gasteiger partial charge in [0.2, 0.25) is 0 Å². The second-order valence-electron chi connectivity index (χ2n) is 8.84. The Labute approximate surface area is 235 Å². The summed E-state index contributed by atoms with van der Waals surface area (Å²) in [4.78, 5) is 39.0. The number of thioether (sulfide) groups is 1. The summed E-state index contributed by atoms with van der Waals surface area (Å²) in [5, 5.41) is 4.40. The van der Waals surface area contributed by atoms with Crippen molar-refractivity contribution in [1.29, 1.82) is 0 Å². The molecule has 2 heterocycles. The summed E-state index contributed by atoms with van der Waals surface area (Å²) < 4.78 is 46.8. The van der Waals surface area contributed by atoms with E-state index in [1.54, 1.807) is 48.5 Å². The van der Waals surface area contributed by atoms with Gasteiger partial charge in [0.05, 0.1) is 47.9 Å². The molecule has 1 aliphatic rings. The van der Waals surface area contributed by atoms with Crippen LogP contribution in [0.3, 0.4) is 0 Å². The average molecular weight is 586 g/mol. The summed E-state index contributed by atoms with van der Waals surface area (Å²) in [7, 11) is 1.25. The van der Waals surface area contributed by atoms with Crippen molar-refractivity contribution in [2.75, 3.05) is 7.11 Å². The van der Waals surface area contributed by atoms with Gasteiger partial charge in [-0.05, 0) is 64.9 Å². The Morgan fingerprint density at radius 1 is 1.05 bits per heavy atom. The first-order chi connectivity index (χ1) is 19.0. The van der Waals surface area contributed by atoms with Gasteiger partial charge in [-0.3, -0.25) is 19.2 Å². The van der Waals surface area contributed by atoms with Crippen LogP contribution in [-0.2, 0) is 28.8 Å². The van der Waals surface area contributed by atoms with Crippen LogP contribution in [0, 0.1) is 0 Å². The van der Waals surface area contributed by atoms with Crippen molar-refractivity contribution < 1.29 is 32.3 Å². The topological polar surface area (TPSA) is 81.5 Å². The fourth-order valence-electron chi connectivity index (χ4n) is 4.36. The lowest BCUT2D eigenvalue weighted by Gasteiger charge is -2.14. The van der Waals surface area contributed by atoms with E-state index >= 15 is 0 Å². The minimum Gasteiger partial charge on any atom is -0.465 e. The van der Waals surface area contributed by atoms with E-state index in [1.807, 2.05) is 0 Å². The molecule has 40 heavy (non-hydrogen) atoms. The van der Waals surface area contributed by atoms with Gasteiger partial charge in [-0.25, -0.2) is 4.79 Å². The molecule has 204 valence electrons. The number of ether oxygens (including phenoxy) is 1. The Bertz CT molecular complexity index is 1700. The van der Waals surface area contributed by atoms with Gasteiger partial charge >= 0.3 is 12.1 Å². The number of methoxy groups -OCH3 is 1. The Hall–Kier alpha value is -4.09. The highest BCUT2D eigenvalue weighted by atomic mass is 35.5. The highest BCUT2D eigenvalue weighted by Gasteiger charge is 2.36. The number of nitrogens with zero attached hydrogens (tertiary/aromatic N) is 3. The quantitative estimate of drug-likeness (QED) is 0.183. The van der Waals surface area contributed by atoms with E-state index in [-0.39, 0.29) is 34.1 Å². The standard InChI is InChI=1S/C28H19ClF3N3O4S/c1-39-26(37)21-5-3-2-4-17(21)14-34-25(36)24(40-27(34)38)11-16-6-9-23-19(10-16)13-33-35(23)15-18-7-8-20(29)12-22(18)28(30,31)32/h2-13H,14-15H2,1H3/b24-11-. The number of imide groups is 1. The second-order valence-corrected chi connectivity index (χ2v) is 10.3. The average Bonchev–Trinajstić information content (AvgIpc) is 3.44. The largest absolute Gasteiger partial charge is 0.465 e. The third-order valence-electron chi connectivity index (χ3n) is 6.29. The molecule has 0 unspecified atom stereocenters. The highest BCUT2D eigenvalue weighted by Crippen LogP contribution is 2.36. The molecule has 12 heteroatoms. The van der Waals surface area contributed by atoms with Crippen molar-refractivity contribution in [2.45, 2.75) is 19.3 Å². The Kier molecular flexibility index (Phi) is 7.43. The summed E-state index contributed by atoms with van der Waals surface area (Å²) in [6, 6.07) is 15.3. The molecule has 2 amide bonds. The number of hydrogen-bond acceptors (Lipinski definition) is 6. The van der Waals surface area contributed by atoms with Crippen molar-refractivity contribution >= 4 is 57.5 Å². The number of fused-ring (bicyclic) bond motifs is 1. The number of rotatable bonds is 6. The summed E-state index contributed by atoms with van der Waals surface area (Å²) in [5.74, 6) is -1.08. The molecule has 3 aromatic carbocycles. The van der Waals surface area contributed by atoms with Crippen molar-refractivity contribution in [3.8, 4) is 0 Å². The molecule has 1 saturated heterocycles. The number of carbonyl (C=O) groups excluding carboxylic acids is 3.